The van der Waals surface area contributed by atoms with Crippen molar-refractivity contribution in [2.75, 3.05) is 0 Å². The minimum Gasteiger partial charge on any atom is -0.320 e. The Bertz CT molecular complexity index is 3490. The summed E-state index contributed by atoms with van der Waals surface area (Å²) in [5.74, 6) is 1.00. The van der Waals surface area contributed by atoms with Gasteiger partial charge in [0.1, 0.15) is 6.67 Å². The Kier molecular flexibility index (Phi) is 8.22. The Morgan fingerprint density at radius 1 is 0.458 bits per heavy atom. The molecule has 0 bridgehead atoms. The molecule has 6 aromatic carbocycles. The molecule has 0 spiro atoms. The average molecular weight is 758 g/mol. The molecule has 0 unspecified atom stereocenters. The number of pyridine rings is 3. The molecule has 59 heavy (non-hydrogen) atoms. The zero-order chi connectivity index (χ0) is 39.3. The van der Waals surface area contributed by atoms with E-state index in [4.69, 9.17) is 9.98 Å². The van der Waals surface area contributed by atoms with Gasteiger partial charge in [0, 0.05) is 61.6 Å². The molecule has 0 radical (unpaired) electrons. The normalized spacial score (nSPS) is 12.4. The number of rotatable bonds is 6. The van der Waals surface area contributed by atoms with Crippen molar-refractivity contribution in [3.05, 3.63) is 199 Å². The first-order chi connectivity index (χ1) is 29.2. The maximum Gasteiger partial charge on any atom is 0.161 e. The van der Waals surface area contributed by atoms with Gasteiger partial charge in [-0.15, -0.1) is 0 Å². The van der Waals surface area contributed by atoms with E-state index >= 15 is 0 Å². The van der Waals surface area contributed by atoms with Crippen LogP contribution in [0.15, 0.2) is 203 Å². The number of fused-ring (bicyclic) bond motifs is 11. The highest BCUT2D eigenvalue weighted by atomic mass is 15.1. The minimum absolute atomic E-state index is 0.315. The molecule has 5 heterocycles. The maximum atomic E-state index is 5.35. The van der Waals surface area contributed by atoms with Gasteiger partial charge in [0.2, 0.25) is 0 Å². The van der Waals surface area contributed by atoms with Gasteiger partial charge in [0.05, 0.1) is 39.0 Å². The van der Waals surface area contributed by atoms with Crippen LogP contribution < -0.4 is 0 Å². The lowest BCUT2D eigenvalue weighted by Gasteiger charge is -2.12. The summed E-state index contributed by atoms with van der Waals surface area (Å²) < 4.78 is 4.71. The van der Waals surface area contributed by atoms with E-state index in [1.165, 1.54) is 48.9 Å². The highest BCUT2D eigenvalue weighted by molar-refractivity contribution is 6.22. The number of aliphatic imine (C=N–C) groups is 3. The maximum absolute atomic E-state index is 5.35. The topological polar surface area (TPSA) is 72.2 Å². The van der Waals surface area contributed by atoms with Crippen molar-refractivity contribution in [2.24, 2.45) is 15.0 Å². The largest absolute Gasteiger partial charge is 0.320 e. The summed E-state index contributed by atoms with van der Waals surface area (Å²) in [6.07, 6.45) is 3.60. The molecule has 0 aliphatic rings. The van der Waals surface area contributed by atoms with Crippen molar-refractivity contribution >= 4 is 78.3 Å². The standard InChI is InChI=1S/C52H35N7/c1-53-51(37-17-12-15-34(28-37)44-21-8-10-26-54-44)57-52(38-18-13-16-35(29-38)45-22-9-11-27-55-45)56-33-58-47-24-6-3-20-40(47)42-31-43-41(32-49(42)58)39-19-4-7-25-48(39)59-46-23-5-2-14-36(46)30-50(43)59/h2-32H,1,33H2/b56-52-,57-51?. The monoisotopic (exact) mass is 757 g/mol. The lowest BCUT2D eigenvalue weighted by molar-refractivity contribution is 0.791. The number of amidine groups is 2. The summed E-state index contributed by atoms with van der Waals surface area (Å²) in [5.41, 5.74) is 11.1. The van der Waals surface area contributed by atoms with E-state index in [0.717, 1.165) is 44.7 Å². The van der Waals surface area contributed by atoms with Gasteiger partial charge in [-0.2, -0.15) is 0 Å². The quantitative estimate of drug-likeness (QED) is 0.0962. The molecule has 5 aromatic heterocycles. The summed E-state index contributed by atoms with van der Waals surface area (Å²) in [4.78, 5) is 24.2. The van der Waals surface area contributed by atoms with Gasteiger partial charge in [-0.1, -0.05) is 103 Å². The molecule has 0 saturated carbocycles. The Hall–Kier alpha value is -8.03. The first-order valence-electron chi connectivity index (χ1n) is 19.6. The van der Waals surface area contributed by atoms with Crippen LogP contribution in [-0.2, 0) is 6.67 Å². The Morgan fingerprint density at radius 3 is 1.73 bits per heavy atom. The molecule has 11 rings (SSSR count). The highest BCUT2D eigenvalue weighted by Gasteiger charge is 2.18. The van der Waals surface area contributed by atoms with Gasteiger partial charge in [0.15, 0.2) is 11.7 Å². The van der Waals surface area contributed by atoms with Crippen molar-refractivity contribution in [1.82, 2.24) is 18.9 Å². The predicted octanol–water partition coefficient (Wildman–Crippen LogP) is 12.2. The second kappa shape index (κ2) is 14.2. The van der Waals surface area contributed by atoms with E-state index in [0.29, 0.717) is 18.3 Å². The molecule has 0 N–H and O–H groups in total. The van der Waals surface area contributed by atoms with E-state index in [1.807, 2.05) is 79.0 Å². The molecule has 7 nitrogen and oxygen atoms in total. The fraction of sp³-hybridized carbons (Fsp3) is 0.0192. The van der Waals surface area contributed by atoms with Crippen molar-refractivity contribution in [3.8, 4) is 22.5 Å². The van der Waals surface area contributed by atoms with Crippen molar-refractivity contribution in [1.29, 1.82) is 0 Å². The van der Waals surface area contributed by atoms with E-state index in [9.17, 15) is 0 Å². The van der Waals surface area contributed by atoms with E-state index in [1.54, 1.807) is 6.20 Å². The van der Waals surface area contributed by atoms with E-state index in [-0.39, 0.29) is 0 Å². The highest BCUT2D eigenvalue weighted by Crippen LogP contribution is 2.39. The molecule has 11 aromatic rings. The van der Waals surface area contributed by atoms with Gasteiger partial charge in [-0.25, -0.2) is 15.0 Å². The van der Waals surface area contributed by atoms with Crippen molar-refractivity contribution < 1.29 is 0 Å². The first-order valence-corrected chi connectivity index (χ1v) is 19.6. The molecule has 278 valence electrons. The molecule has 0 atom stereocenters. The Balaban J connectivity index is 1.12. The number of hydrogen-bond donors (Lipinski definition) is 0. The molecule has 7 heteroatoms. The Morgan fingerprint density at radius 2 is 1.05 bits per heavy atom. The SMILES string of the molecule is C=NC(=N/C(=N\Cn1c2ccccc2c2cc3c(cc21)c1ccccc1n1c2ccccc2cc31)c1cccc(-c2ccccn2)c1)c1cccc(-c2ccccn2)c1. The molecule has 0 aliphatic carbocycles. The summed E-state index contributed by atoms with van der Waals surface area (Å²) in [6, 6.07) is 61.1. The van der Waals surface area contributed by atoms with Crippen molar-refractivity contribution in [3.63, 3.8) is 0 Å². The predicted molar refractivity (Wildman–Crippen MR) is 245 cm³/mol. The number of nitrogens with zero attached hydrogens (tertiary/aromatic N) is 7. The van der Waals surface area contributed by atoms with E-state index < -0.39 is 0 Å². The lowest BCUT2D eigenvalue weighted by atomic mass is 10.0. The van der Waals surface area contributed by atoms with Gasteiger partial charge in [-0.3, -0.25) is 9.97 Å². The molecule has 0 amide bonds. The smallest absolute Gasteiger partial charge is 0.161 e. The zero-order valence-electron chi connectivity index (χ0n) is 31.9. The zero-order valence-corrected chi connectivity index (χ0v) is 31.9. The molecular formula is C52H35N7. The molecule has 0 saturated heterocycles. The van der Waals surface area contributed by atoms with Crippen LogP contribution in [0.5, 0.6) is 0 Å². The fourth-order valence-corrected chi connectivity index (χ4v) is 8.51. The summed E-state index contributed by atoms with van der Waals surface area (Å²) in [7, 11) is 0. The number of benzene rings is 6. The second-order valence-electron chi connectivity index (χ2n) is 14.6. The molecule has 0 aliphatic heterocycles. The minimum atomic E-state index is 0.315. The van der Waals surface area contributed by atoms with Crippen LogP contribution in [-0.4, -0.2) is 37.3 Å². The third kappa shape index (κ3) is 5.87. The summed E-state index contributed by atoms with van der Waals surface area (Å²) in [5, 5.41) is 7.18. The number of aromatic nitrogens is 4. The van der Waals surface area contributed by atoms with Gasteiger partial charge >= 0.3 is 0 Å². The van der Waals surface area contributed by atoms with Crippen LogP contribution in [0.2, 0.25) is 0 Å². The Labute approximate surface area is 339 Å². The van der Waals surface area contributed by atoms with Gasteiger partial charge in [-0.05, 0) is 84.9 Å². The number of para-hydroxylation sites is 3. The number of hydrogen-bond acceptors (Lipinski definition) is 3. The molecule has 0 fully saturated rings. The fourth-order valence-electron chi connectivity index (χ4n) is 8.51. The third-order valence-corrected chi connectivity index (χ3v) is 11.2. The van der Waals surface area contributed by atoms with Gasteiger partial charge in [0.25, 0.3) is 0 Å². The van der Waals surface area contributed by atoms with Crippen LogP contribution in [0.4, 0.5) is 0 Å². The summed E-state index contributed by atoms with van der Waals surface area (Å²) >= 11 is 0. The molecular weight excluding hydrogens is 723 g/mol. The average Bonchev–Trinajstić information content (AvgIpc) is 3.85. The van der Waals surface area contributed by atoms with Crippen LogP contribution in [0.1, 0.15) is 11.1 Å². The summed E-state index contributed by atoms with van der Waals surface area (Å²) in [6.45, 7) is 4.28. The van der Waals surface area contributed by atoms with Crippen molar-refractivity contribution in [2.45, 2.75) is 6.67 Å². The third-order valence-electron chi connectivity index (χ3n) is 11.2. The van der Waals surface area contributed by atoms with Crippen LogP contribution in [0.25, 0.3) is 82.4 Å². The van der Waals surface area contributed by atoms with E-state index in [2.05, 4.69) is 134 Å². The van der Waals surface area contributed by atoms with Gasteiger partial charge < -0.3 is 8.97 Å². The second-order valence-corrected chi connectivity index (χ2v) is 14.6. The lowest BCUT2D eigenvalue weighted by Crippen LogP contribution is -2.07. The first kappa shape index (κ1) is 34.2. The van der Waals surface area contributed by atoms with Crippen LogP contribution in [0, 0.1) is 0 Å². The van der Waals surface area contributed by atoms with Crippen LogP contribution in [0.3, 0.4) is 0 Å². The van der Waals surface area contributed by atoms with Crippen LogP contribution >= 0.6 is 0 Å².